The van der Waals surface area contributed by atoms with Crippen LogP contribution in [0.2, 0.25) is 5.15 Å². The van der Waals surface area contributed by atoms with Gasteiger partial charge in [-0.25, -0.2) is 0 Å². The maximum atomic E-state index is 6.14. The van der Waals surface area contributed by atoms with Crippen molar-refractivity contribution in [2.24, 2.45) is 5.73 Å². The molecular formula is C10H14ClN3O. The molecule has 1 aromatic heterocycles. The van der Waals surface area contributed by atoms with Crippen LogP contribution in [0, 0.1) is 0 Å². The summed E-state index contributed by atoms with van der Waals surface area (Å²) in [6, 6.07) is 0. The molecule has 1 heterocycles. The Labute approximate surface area is 93.8 Å². The van der Waals surface area contributed by atoms with Crippen molar-refractivity contribution in [1.29, 1.82) is 0 Å². The predicted octanol–water partition coefficient (Wildman–Crippen LogP) is 1.78. The monoisotopic (exact) mass is 227 g/mol. The Hall–Kier alpha value is -0.870. The highest BCUT2D eigenvalue weighted by Crippen LogP contribution is 2.27. The molecule has 0 spiro atoms. The molecule has 1 fully saturated rings. The molecule has 5 heteroatoms. The van der Waals surface area contributed by atoms with Crippen LogP contribution in [0.15, 0.2) is 12.4 Å². The first kappa shape index (κ1) is 10.6. The second-order valence-corrected chi connectivity index (χ2v) is 4.43. The van der Waals surface area contributed by atoms with Crippen LogP contribution >= 0.6 is 11.6 Å². The largest absolute Gasteiger partial charge is 0.475 e. The van der Waals surface area contributed by atoms with Crippen LogP contribution in [0.1, 0.15) is 25.7 Å². The lowest BCUT2D eigenvalue weighted by molar-refractivity contribution is 0.213. The van der Waals surface area contributed by atoms with E-state index in [1.807, 2.05) is 0 Å². The maximum absolute atomic E-state index is 6.14. The van der Waals surface area contributed by atoms with Gasteiger partial charge in [0, 0.05) is 0 Å². The van der Waals surface area contributed by atoms with Crippen molar-refractivity contribution < 1.29 is 4.74 Å². The summed E-state index contributed by atoms with van der Waals surface area (Å²) in [7, 11) is 0. The van der Waals surface area contributed by atoms with Crippen LogP contribution in [0.5, 0.6) is 5.88 Å². The molecule has 4 nitrogen and oxygen atoms in total. The van der Waals surface area contributed by atoms with Crippen molar-refractivity contribution in [3.8, 4) is 5.88 Å². The summed E-state index contributed by atoms with van der Waals surface area (Å²) in [5.74, 6) is 0.444. The number of halogens is 1. The molecule has 0 aliphatic heterocycles. The molecule has 0 amide bonds. The van der Waals surface area contributed by atoms with E-state index in [0.717, 1.165) is 12.8 Å². The fourth-order valence-corrected chi connectivity index (χ4v) is 1.98. The van der Waals surface area contributed by atoms with E-state index >= 15 is 0 Å². The molecule has 0 bridgehead atoms. The summed E-state index contributed by atoms with van der Waals surface area (Å²) in [6.07, 6.45) is 7.41. The van der Waals surface area contributed by atoms with Gasteiger partial charge < -0.3 is 10.5 Å². The van der Waals surface area contributed by atoms with Gasteiger partial charge in [0.15, 0.2) is 5.15 Å². The van der Waals surface area contributed by atoms with E-state index in [2.05, 4.69) is 9.97 Å². The predicted molar refractivity (Wildman–Crippen MR) is 57.9 cm³/mol. The number of nitrogens with zero attached hydrogens (tertiary/aromatic N) is 2. The van der Waals surface area contributed by atoms with Crippen molar-refractivity contribution in [3.63, 3.8) is 0 Å². The second-order valence-electron chi connectivity index (χ2n) is 4.04. The summed E-state index contributed by atoms with van der Waals surface area (Å²) in [5.41, 5.74) is 5.95. The average molecular weight is 228 g/mol. The Kier molecular flexibility index (Phi) is 3.07. The summed E-state index contributed by atoms with van der Waals surface area (Å²) < 4.78 is 5.49. The van der Waals surface area contributed by atoms with Gasteiger partial charge in [-0.15, -0.1) is 0 Å². The molecule has 0 unspecified atom stereocenters. The molecule has 1 saturated carbocycles. The Morgan fingerprint density at radius 2 is 2.13 bits per heavy atom. The molecular weight excluding hydrogens is 214 g/mol. The van der Waals surface area contributed by atoms with Crippen molar-refractivity contribution in [3.05, 3.63) is 17.5 Å². The SMILES string of the molecule is NC1(COc2cncc(Cl)n2)CCCC1. The molecule has 0 aromatic carbocycles. The standard InChI is InChI=1S/C10H14ClN3O/c11-8-5-13-6-9(14-8)15-7-10(12)3-1-2-4-10/h5-6H,1-4,7,12H2. The van der Waals surface area contributed by atoms with Crippen LogP contribution in [0.3, 0.4) is 0 Å². The smallest absolute Gasteiger partial charge is 0.233 e. The first-order chi connectivity index (χ1) is 7.18. The fourth-order valence-electron chi connectivity index (χ4n) is 1.84. The highest BCUT2D eigenvalue weighted by molar-refractivity contribution is 6.29. The zero-order chi connectivity index (χ0) is 10.7. The van der Waals surface area contributed by atoms with E-state index in [1.165, 1.54) is 19.0 Å². The van der Waals surface area contributed by atoms with Gasteiger partial charge in [-0.05, 0) is 12.8 Å². The number of ether oxygens (including phenoxy) is 1. The number of hydrogen-bond acceptors (Lipinski definition) is 4. The van der Waals surface area contributed by atoms with Gasteiger partial charge in [-0.1, -0.05) is 24.4 Å². The van der Waals surface area contributed by atoms with Crippen molar-refractivity contribution in [2.45, 2.75) is 31.2 Å². The minimum absolute atomic E-state index is 0.190. The quantitative estimate of drug-likeness (QED) is 0.855. The van der Waals surface area contributed by atoms with Crippen LogP contribution in [0.25, 0.3) is 0 Å². The molecule has 0 atom stereocenters. The molecule has 0 saturated heterocycles. The number of rotatable bonds is 3. The minimum Gasteiger partial charge on any atom is -0.475 e. The summed E-state index contributed by atoms with van der Waals surface area (Å²) in [5, 5.41) is 0.338. The van der Waals surface area contributed by atoms with Gasteiger partial charge in [0.05, 0.1) is 17.9 Å². The first-order valence-electron chi connectivity index (χ1n) is 5.07. The number of hydrogen-bond donors (Lipinski definition) is 1. The zero-order valence-electron chi connectivity index (χ0n) is 8.45. The van der Waals surface area contributed by atoms with E-state index < -0.39 is 0 Å². The summed E-state index contributed by atoms with van der Waals surface area (Å²) in [6.45, 7) is 0.488. The zero-order valence-corrected chi connectivity index (χ0v) is 9.20. The lowest BCUT2D eigenvalue weighted by Crippen LogP contribution is -2.42. The normalized spacial score (nSPS) is 19.1. The van der Waals surface area contributed by atoms with Gasteiger partial charge in [0.2, 0.25) is 5.88 Å². The van der Waals surface area contributed by atoms with Crippen LogP contribution < -0.4 is 10.5 Å². The van der Waals surface area contributed by atoms with Crippen molar-refractivity contribution in [2.75, 3.05) is 6.61 Å². The molecule has 2 rings (SSSR count). The second kappa shape index (κ2) is 4.33. The van der Waals surface area contributed by atoms with Gasteiger partial charge in [-0.2, -0.15) is 4.98 Å². The number of nitrogens with two attached hydrogens (primary N) is 1. The Bertz CT molecular complexity index is 339. The highest BCUT2D eigenvalue weighted by atomic mass is 35.5. The average Bonchev–Trinajstić information content (AvgIpc) is 2.63. The van der Waals surface area contributed by atoms with Gasteiger partial charge in [-0.3, -0.25) is 4.98 Å². The van der Waals surface area contributed by atoms with E-state index in [0.29, 0.717) is 17.6 Å². The highest BCUT2D eigenvalue weighted by Gasteiger charge is 2.30. The van der Waals surface area contributed by atoms with E-state index in [-0.39, 0.29) is 5.54 Å². The van der Waals surface area contributed by atoms with E-state index in [1.54, 1.807) is 6.20 Å². The van der Waals surface area contributed by atoms with E-state index in [9.17, 15) is 0 Å². The molecule has 82 valence electrons. The van der Waals surface area contributed by atoms with Gasteiger partial charge in [0.25, 0.3) is 0 Å². The van der Waals surface area contributed by atoms with Crippen LogP contribution in [-0.4, -0.2) is 22.1 Å². The molecule has 1 aliphatic rings. The third-order valence-corrected chi connectivity index (χ3v) is 2.87. The third kappa shape index (κ3) is 2.79. The van der Waals surface area contributed by atoms with Crippen molar-refractivity contribution in [1.82, 2.24) is 9.97 Å². The van der Waals surface area contributed by atoms with E-state index in [4.69, 9.17) is 22.1 Å². The minimum atomic E-state index is -0.190. The van der Waals surface area contributed by atoms with Gasteiger partial charge >= 0.3 is 0 Å². The van der Waals surface area contributed by atoms with Crippen molar-refractivity contribution >= 4 is 11.6 Å². The molecule has 15 heavy (non-hydrogen) atoms. The lowest BCUT2D eigenvalue weighted by Gasteiger charge is -2.22. The Morgan fingerprint density at radius 3 is 2.80 bits per heavy atom. The summed E-state index contributed by atoms with van der Waals surface area (Å²) in [4.78, 5) is 7.88. The molecule has 0 radical (unpaired) electrons. The Balaban J connectivity index is 1.92. The molecule has 2 N–H and O–H groups in total. The summed E-state index contributed by atoms with van der Waals surface area (Å²) >= 11 is 5.69. The third-order valence-electron chi connectivity index (χ3n) is 2.69. The topological polar surface area (TPSA) is 61.0 Å². The molecule has 1 aliphatic carbocycles. The molecule has 1 aromatic rings. The van der Waals surface area contributed by atoms with Crippen LogP contribution in [-0.2, 0) is 0 Å². The first-order valence-corrected chi connectivity index (χ1v) is 5.45. The van der Waals surface area contributed by atoms with Gasteiger partial charge in [0.1, 0.15) is 6.61 Å². The number of aromatic nitrogens is 2. The van der Waals surface area contributed by atoms with Crippen LogP contribution in [0.4, 0.5) is 0 Å². The maximum Gasteiger partial charge on any atom is 0.233 e. The fraction of sp³-hybridized carbons (Fsp3) is 0.600. The lowest BCUT2D eigenvalue weighted by atomic mass is 10.0. The Morgan fingerprint density at radius 1 is 1.40 bits per heavy atom.